The van der Waals surface area contributed by atoms with Crippen molar-refractivity contribution in [3.8, 4) is 0 Å². The second kappa shape index (κ2) is 7.83. The van der Waals surface area contributed by atoms with Crippen molar-refractivity contribution in [1.29, 1.82) is 0 Å². The van der Waals surface area contributed by atoms with Gasteiger partial charge in [0.15, 0.2) is 0 Å². The Balaban J connectivity index is 2.15. The van der Waals surface area contributed by atoms with E-state index in [1.54, 1.807) is 0 Å². The average molecular weight is 240 g/mol. The summed E-state index contributed by atoms with van der Waals surface area (Å²) in [6.07, 6.45) is 5.15. The molecule has 1 heterocycles. The largest absolute Gasteiger partial charge is 0.305 e. The standard InChI is InChI=1S/C14H28N2O/c1-4-14(17)9-7-10-15(3)12-13-8-6-11-16(13)5-2/h13H,4-12H2,1-3H3. The summed E-state index contributed by atoms with van der Waals surface area (Å²) in [6, 6.07) is 0.742. The van der Waals surface area contributed by atoms with Crippen LogP contribution in [0.2, 0.25) is 0 Å². The lowest BCUT2D eigenvalue weighted by Gasteiger charge is -2.27. The number of rotatable bonds is 8. The molecule has 3 heteroatoms. The van der Waals surface area contributed by atoms with Gasteiger partial charge in [-0.3, -0.25) is 9.69 Å². The molecule has 1 fully saturated rings. The van der Waals surface area contributed by atoms with Crippen molar-refractivity contribution in [2.75, 3.05) is 33.2 Å². The smallest absolute Gasteiger partial charge is 0.132 e. The molecule has 1 aliphatic heterocycles. The van der Waals surface area contributed by atoms with Gasteiger partial charge in [0.2, 0.25) is 0 Å². The number of likely N-dealkylation sites (N-methyl/N-ethyl adjacent to an activating group) is 2. The number of ketones is 1. The van der Waals surface area contributed by atoms with Crippen molar-refractivity contribution in [1.82, 2.24) is 9.80 Å². The van der Waals surface area contributed by atoms with Crippen molar-refractivity contribution in [2.45, 2.75) is 52.0 Å². The highest BCUT2D eigenvalue weighted by Gasteiger charge is 2.23. The number of hydrogen-bond acceptors (Lipinski definition) is 3. The van der Waals surface area contributed by atoms with E-state index in [2.05, 4.69) is 23.8 Å². The van der Waals surface area contributed by atoms with Crippen LogP contribution in [0.3, 0.4) is 0 Å². The van der Waals surface area contributed by atoms with Gasteiger partial charge >= 0.3 is 0 Å². The number of Topliss-reactive ketones (excluding diaryl/α,β-unsaturated/α-hetero) is 1. The molecule has 0 aromatic carbocycles. The first-order valence-corrected chi connectivity index (χ1v) is 7.11. The van der Waals surface area contributed by atoms with Gasteiger partial charge in [0, 0.05) is 25.4 Å². The summed E-state index contributed by atoms with van der Waals surface area (Å²) in [5, 5.41) is 0. The molecule has 1 rings (SSSR count). The molecule has 0 aliphatic carbocycles. The summed E-state index contributed by atoms with van der Waals surface area (Å²) in [5.74, 6) is 0.398. The summed E-state index contributed by atoms with van der Waals surface area (Å²) in [4.78, 5) is 16.2. The number of hydrogen-bond donors (Lipinski definition) is 0. The molecule has 100 valence electrons. The summed E-state index contributed by atoms with van der Waals surface area (Å²) < 4.78 is 0. The van der Waals surface area contributed by atoms with Gasteiger partial charge in [-0.2, -0.15) is 0 Å². The zero-order chi connectivity index (χ0) is 12.7. The van der Waals surface area contributed by atoms with E-state index in [9.17, 15) is 4.79 Å². The number of carbonyl (C=O) groups is 1. The third-order valence-corrected chi connectivity index (χ3v) is 3.82. The molecule has 0 amide bonds. The van der Waals surface area contributed by atoms with Crippen molar-refractivity contribution in [3.63, 3.8) is 0 Å². The minimum absolute atomic E-state index is 0.398. The molecule has 0 aromatic rings. The average Bonchev–Trinajstić information content (AvgIpc) is 2.76. The van der Waals surface area contributed by atoms with Gasteiger partial charge in [0.25, 0.3) is 0 Å². The van der Waals surface area contributed by atoms with Crippen molar-refractivity contribution < 1.29 is 4.79 Å². The lowest BCUT2D eigenvalue weighted by atomic mass is 10.1. The van der Waals surface area contributed by atoms with E-state index >= 15 is 0 Å². The van der Waals surface area contributed by atoms with E-state index < -0.39 is 0 Å². The molecule has 0 saturated carbocycles. The van der Waals surface area contributed by atoms with Crippen LogP contribution in [0, 0.1) is 0 Å². The highest BCUT2D eigenvalue weighted by molar-refractivity contribution is 5.77. The minimum Gasteiger partial charge on any atom is -0.305 e. The lowest BCUT2D eigenvalue weighted by Crippen LogP contribution is -2.39. The third kappa shape index (κ3) is 5.17. The zero-order valence-electron chi connectivity index (χ0n) is 11.7. The molecule has 1 saturated heterocycles. The monoisotopic (exact) mass is 240 g/mol. The van der Waals surface area contributed by atoms with E-state index in [1.807, 2.05) is 6.92 Å². The molecule has 0 bridgehead atoms. The Morgan fingerprint density at radius 2 is 2.18 bits per heavy atom. The van der Waals surface area contributed by atoms with Crippen LogP contribution < -0.4 is 0 Å². The van der Waals surface area contributed by atoms with E-state index in [-0.39, 0.29) is 0 Å². The first kappa shape index (κ1) is 14.7. The highest BCUT2D eigenvalue weighted by atomic mass is 16.1. The van der Waals surface area contributed by atoms with Crippen LogP contribution in [0.5, 0.6) is 0 Å². The molecule has 0 radical (unpaired) electrons. The van der Waals surface area contributed by atoms with Crippen LogP contribution in [0.15, 0.2) is 0 Å². The minimum atomic E-state index is 0.398. The molecule has 0 N–H and O–H groups in total. The topological polar surface area (TPSA) is 23.6 Å². The van der Waals surface area contributed by atoms with Crippen LogP contribution in [0.1, 0.15) is 46.0 Å². The van der Waals surface area contributed by atoms with Crippen molar-refractivity contribution in [2.24, 2.45) is 0 Å². The molecular weight excluding hydrogens is 212 g/mol. The summed E-state index contributed by atoms with van der Waals surface area (Å²) in [5.41, 5.74) is 0. The van der Waals surface area contributed by atoms with Gasteiger partial charge in [0.1, 0.15) is 5.78 Å². The first-order chi connectivity index (χ1) is 8.17. The Morgan fingerprint density at radius 1 is 1.41 bits per heavy atom. The molecule has 0 spiro atoms. The molecule has 3 nitrogen and oxygen atoms in total. The van der Waals surface area contributed by atoms with E-state index in [0.29, 0.717) is 12.2 Å². The Hall–Kier alpha value is -0.410. The van der Waals surface area contributed by atoms with Gasteiger partial charge in [0.05, 0.1) is 0 Å². The molecular formula is C14H28N2O. The summed E-state index contributed by atoms with van der Waals surface area (Å²) in [7, 11) is 2.18. The van der Waals surface area contributed by atoms with Gasteiger partial charge < -0.3 is 4.90 Å². The fraction of sp³-hybridized carbons (Fsp3) is 0.929. The predicted molar refractivity (Wildman–Crippen MR) is 72.3 cm³/mol. The maximum absolute atomic E-state index is 11.2. The fourth-order valence-corrected chi connectivity index (χ4v) is 2.69. The summed E-state index contributed by atoms with van der Waals surface area (Å²) in [6.45, 7) is 8.85. The van der Waals surface area contributed by atoms with Crippen molar-refractivity contribution >= 4 is 5.78 Å². The molecule has 0 aromatic heterocycles. The number of nitrogens with zero attached hydrogens (tertiary/aromatic N) is 2. The second-order valence-corrected chi connectivity index (χ2v) is 5.18. The third-order valence-electron chi connectivity index (χ3n) is 3.82. The van der Waals surface area contributed by atoms with Crippen LogP contribution in [-0.4, -0.2) is 54.9 Å². The maximum Gasteiger partial charge on any atom is 0.132 e. The van der Waals surface area contributed by atoms with Gasteiger partial charge in [-0.25, -0.2) is 0 Å². The van der Waals surface area contributed by atoms with Crippen LogP contribution in [0.25, 0.3) is 0 Å². The van der Waals surface area contributed by atoms with E-state index in [1.165, 1.54) is 25.9 Å². The quantitative estimate of drug-likeness (QED) is 0.649. The molecule has 17 heavy (non-hydrogen) atoms. The van der Waals surface area contributed by atoms with Gasteiger partial charge in [-0.15, -0.1) is 0 Å². The van der Waals surface area contributed by atoms with E-state index in [0.717, 1.165) is 32.0 Å². The normalized spacial score (nSPS) is 21.3. The Labute approximate surface area is 106 Å². The van der Waals surface area contributed by atoms with Gasteiger partial charge in [-0.05, 0) is 45.9 Å². The molecule has 1 unspecified atom stereocenters. The Kier molecular flexibility index (Phi) is 6.75. The Morgan fingerprint density at radius 3 is 2.82 bits per heavy atom. The van der Waals surface area contributed by atoms with Crippen LogP contribution in [0.4, 0.5) is 0 Å². The number of carbonyl (C=O) groups excluding carboxylic acids is 1. The number of likely N-dealkylation sites (tertiary alicyclic amines) is 1. The highest BCUT2D eigenvalue weighted by Crippen LogP contribution is 2.17. The van der Waals surface area contributed by atoms with Gasteiger partial charge in [-0.1, -0.05) is 13.8 Å². The fourth-order valence-electron chi connectivity index (χ4n) is 2.69. The Bertz CT molecular complexity index is 230. The SMILES string of the molecule is CCC(=O)CCCN(C)CC1CCCN1CC. The van der Waals surface area contributed by atoms with Crippen LogP contribution in [-0.2, 0) is 4.79 Å². The van der Waals surface area contributed by atoms with Crippen molar-refractivity contribution in [3.05, 3.63) is 0 Å². The first-order valence-electron chi connectivity index (χ1n) is 7.11. The summed E-state index contributed by atoms with van der Waals surface area (Å²) >= 11 is 0. The maximum atomic E-state index is 11.2. The second-order valence-electron chi connectivity index (χ2n) is 5.18. The lowest BCUT2D eigenvalue weighted by molar-refractivity contribution is -0.118. The van der Waals surface area contributed by atoms with Crippen LogP contribution >= 0.6 is 0 Å². The predicted octanol–water partition coefficient (Wildman–Crippen LogP) is 2.16. The molecule has 1 atom stereocenters. The molecule has 1 aliphatic rings. The van der Waals surface area contributed by atoms with E-state index in [4.69, 9.17) is 0 Å². The zero-order valence-corrected chi connectivity index (χ0v) is 11.7.